The van der Waals surface area contributed by atoms with Crippen molar-refractivity contribution in [3.05, 3.63) is 40.5 Å². The predicted octanol–water partition coefficient (Wildman–Crippen LogP) is 2.59. The number of amides is 1. The number of benzene rings is 1. The molecule has 5 nitrogen and oxygen atoms in total. The van der Waals surface area contributed by atoms with E-state index in [2.05, 4.69) is 27.0 Å². The number of hydrogen-bond acceptors (Lipinski definition) is 5. The van der Waals surface area contributed by atoms with Crippen molar-refractivity contribution in [1.29, 1.82) is 0 Å². The maximum atomic E-state index is 13.0. The smallest absolute Gasteiger partial charge is 0.234 e. The van der Waals surface area contributed by atoms with E-state index >= 15 is 0 Å². The fraction of sp³-hybridized carbons (Fsp3) is 0.474. The lowest BCUT2D eigenvalue weighted by atomic mass is 10.2. The van der Waals surface area contributed by atoms with Gasteiger partial charge in [-0.3, -0.25) is 14.6 Å². The first-order valence-corrected chi connectivity index (χ1v) is 9.93. The molecule has 26 heavy (non-hydrogen) atoms. The van der Waals surface area contributed by atoms with Crippen molar-refractivity contribution >= 4 is 17.2 Å². The number of aromatic nitrogens is 1. The number of hydrogen-bond donors (Lipinski definition) is 1. The van der Waals surface area contributed by atoms with Gasteiger partial charge in [0, 0.05) is 43.7 Å². The molecule has 2 aromatic rings. The van der Waals surface area contributed by atoms with Crippen LogP contribution in [0.15, 0.2) is 29.6 Å². The lowest BCUT2D eigenvalue weighted by Gasteiger charge is -2.33. The van der Waals surface area contributed by atoms with Crippen LogP contribution in [0.1, 0.15) is 18.4 Å². The molecular formula is C19H25FN4OS. The van der Waals surface area contributed by atoms with Crippen LogP contribution in [0.2, 0.25) is 0 Å². The van der Waals surface area contributed by atoms with Gasteiger partial charge < -0.3 is 5.32 Å². The molecule has 2 heterocycles. The van der Waals surface area contributed by atoms with Crippen molar-refractivity contribution in [1.82, 2.24) is 20.1 Å². The summed E-state index contributed by atoms with van der Waals surface area (Å²) in [5.74, 6) is -0.116. The highest BCUT2D eigenvalue weighted by atomic mass is 32.1. The topological polar surface area (TPSA) is 48.5 Å². The summed E-state index contributed by atoms with van der Waals surface area (Å²) < 4.78 is 13.0. The van der Waals surface area contributed by atoms with Gasteiger partial charge in [-0.2, -0.15) is 0 Å². The van der Waals surface area contributed by atoms with Crippen molar-refractivity contribution < 1.29 is 9.18 Å². The molecule has 1 saturated heterocycles. The zero-order chi connectivity index (χ0) is 18.4. The minimum Gasteiger partial charge on any atom is -0.355 e. The maximum absolute atomic E-state index is 13.0. The van der Waals surface area contributed by atoms with Gasteiger partial charge in [0.15, 0.2) is 0 Å². The van der Waals surface area contributed by atoms with Gasteiger partial charge in [-0.05, 0) is 30.7 Å². The second-order valence-electron chi connectivity index (χ2n) is 6.54. The van der Waals surface area contributed by atoms with Crippen LogP contribution in [0.5, 0.6) is 0 Å². The van der Waals surface area contributed by atoms with Gasteiger partial charge in [0.1, 0.15) is 10.8 Å². The molecule has 1 N–H and O–H groups in total. The van der Waals surface area contributed by atoms with E-state index in [1.807, 2.05) is 5.38 Å². The largest absolute Gasteiger partial charge is 0.355 e. The Bertz CT molecular complexity index is 711. The summed E-state index contributed by atoms with van der Waals surface area (Å²) in [4.78, 5) is 21.1. The summed E-state index contributed by atoms with van der Waals surface area (Å²) >= 11 is 1.64. The molecule has 0 radical (unpaired) electrons. The van der Waals surface area contributed by atoms with Gasteiger partial charge in [0.25, 0.3) is 0 Å². The highest BCUT2D eigenvalue weighted by molar-refractivity contribution is 7.09. The Balaban J connectivity index is 1.46. The Morgan fingerprint density at radius 3 is 2.58 bits per heavy atom. The highest BCUT2D eigenvalue weighted by Gasteiger charge is 2.19. The first-order valence-electron chi connectivity index (χ1n) is 9.06. The fourth-order valence-electron chi connectivity index (χ4n) is 2.96. The number of halogens is 1. The minimum atomic E-state index is -0.231. The Labute approximate surface area is 157 Å². The number of rotatable bonds is 7. The second kappa shape index (κ2) is 9.21. The van der Waals surface area contributed by atoms with E-state index in [1.54, 1.807) is 23.5 Å². The third-order valence-corrected chi connectivity index (χ3v) is 5.29. The van der Waals surface area contributed by atoms with Crippen LogP contribution in [0.4, 0.5) is 4.39 Å². The second-order valence-corrected chi connectivity index (χ2v) is 7.48. The molecule has 1 aromatic carbocycles. The van der Waals surface area contributed by atoms with Gasteiger partial charge >= 0.3 is 0 Å². The summed E-state index contributed by atoms with van der Waals surface area (Å²) in [6, 6.07) is 6.45. The molecule has 1 aromatic heterocycles. The molecule has 0 aliphatic carbocycles. The Morgan fingerprint density at radius 2 is 1.88 bits per heavy atom. The molecule has 1 aliphatic rings. The molecule has 3 rings (SSSR count). The van der Waals surface area contributed by atoms with Crippen LogP contribution in [-0.2, 0) is 11.3 Å². The molecule has 0 spiro atoms. The van der Waals surface area contributed by atoms with Crippen molar-refractivity contribution in [2.75, 3.05) is 39.3 Å². The molecule has 7 heteroatoms. The van der Waals surface area contributed by atoms with E-state index in [-0.39, 0.29) is 11.7 Å². The maximum Gasteiger partial charge on any atom is 0.234 e. The lowest BCUT2D eigenvalue weighted by Crippen LogP contribution is -2.49. The summed E-state index contributed by atoms with van der Waals surface area (Å²) in [6.07, 6.45) is 0.966. The van der Waals surface area contributed by atoms with E-state index in [9.17, 15) is 9.18 Å². The van der Waals surface area contributed by atoms with Gasteiger partial charge in [-0.15, -0.1) is 11.3 Å². The number of piperazine rings is 1. The molecule has 0 saturated carbocycles. The molecule has 1 aliphatic heterocycles. The van der Waals surface area contributed by atoms with Crippen LogP contribution in [0, 0.1) is 5.82 Å². The summed E-state index contributed by atoms with van der Waals surface area (Å²) in [7, 11) is 0. The first-order chi connectivity index (χ1) is 12.6. The molecule has 0 unspecified atom stereocenters. The van der Waals surface area contributed by atoms with Gasteiger partial charge in [-0.1, -0.05) is 6.92 Å². The van der Waals surface area contributed by atoms with Gasteiger partial charge in [-0.25, -0.2) is 9.37 Å². The first kappa shape index (κ1) is 18.9. The summed E-state index contributed by atoms with van der Waals surface area (Å²) in [5, 5.41) is 6.02. The summed E-state index contributed by atoms with van der Waals surface area (Å²) in [5.41, 5.74) is 1.84. The zero-order valence-corrected chi connectivity index (χ0v) is 15.9. The van der Waals surface area contributed by atoms with Crippen LogP contribution >= 0.6 is 11.3 Å². The van der Waals surface area contributed by atoms with Crippen LogP contribution in [-0.4, -0.2) is 60.0 Å². The quantitative estimate of drug-likeness (QED) is 0.807. The number of carbonyl (C=O) groups is 1. The summed E-state index contributed by atoms with van der Waals surface area (Å²) in [6.45, 7) is 7.78. The van der Waals surface area contributed by atoms with Crippen molar-refractivity contribution in [2.24, 2.45) is 0 Å². The number of nitrogens with one attached hydrogen (secondary N) is 1. The fourth-order valence-corrected chi connectivity index (χ4v) is 3.80. The highest BCUT2D eigenvalue weighted by Crippen LogP contribution is 2.23. The Morgan fingerprint density at radius 1 is 1.19 bits per heavy atom. The normalized spacial score (nSPS) is 15.9. The molecular weight excluding hydrogens is 351 g/mol. The third kappa shape index (κ3) is 5.33. The standard InChI is InChI=1S/C19H25FN4OS/c1-2-7-21-18(25)12-23-8-10-24(11-9-23)13-19-22-17(14-26-19)15-3-5-16(20)6-4-15/h3-6,14H,2,7-13H2,1H3,(H,21,25). The van der Waals surface area contributed by atoms with Crippen LogP contribution < -0.4 is 5.32 Å². The predicted molar refractivity (Wildman–Crippen MR) is 103 cm³/mol. The van der Waals surface area contributed by atoms with E-state index < -0.39 is 0 Å². The van der Waals surface area contributed by atoms with E-state index in [0.717, 1.165) is 62.0 Å². The molecule has 0 atom stereocenters. The Hall–Kier alpha value is -1.83. The van der Waals surface area contributed by atoms with Gasteiger partial charge in [0.2, 0.25) is 5.91 Å². The van der Waals surface area contributed by atoms with Gasteiger partial charge in [0.05, 0.1) is 18.8 Å². The van der Waals surface area contributed by atoms with Crippen LogP contribution in [0.25, 0.3) is 11.3 Å². The third-order valence-electron chi connectivity index (χ3n) is 4.45. The molecule has 1 amide bonds. The average molecular weight is 377 g/mol. The molecule has 1 fully saturated rings. The van der Waals surface area contributed by atoms with Crippen LogP contribution in [0.3, 0.4) is 0 Å². The van der Waals surface area contributed by atoms with E-state index in [0.29, 0.717) is 6.54 Å². The van der Waals surface area contributed by atoms with Crippen molar-refractivity contribution in [2.45, 2.75) is 19.9 Å². The lowest BCUT2D eigenvalue weighted by molar-refractivity contribution is -0.122. The molecule has 0 bridgehead atoms. The van der Waals surface area contributed by atoms with E-state index in [1.165, 1.54) is 12.1 Å². The minimum absolute atomic E-state index is 0.115. The number of carbonyl (C=O) groups excluding carboxylic acids is 1. The Kier molecular flexibility index (Phi) is 6.71. The number of nitrogens with zero attached hydrogens (tertiary/aromatic N) is 3. The van der Waals surface area contributed by atoms with Crippen molar-refractivity contribution in [3.8, 4) is 11.3 Å². The SMILES string of the molecule is CCCNC(=O)CN1CCN(Cc2nc(-c3ccc(F)cc3)cs2)CC1. The molecule has 140 valence electrons. The number of thiazole rings is 1. The van der Waals surface area contributed by atoms with E-state index in [4.69, 9.17) is 0 Å². The monoisotopic (exact) mass is 376 g/mol. The average Bonchev–Trinajstić information content (AvgIpc) is 3.11. The van der Waals surface area contributed by atoms with Crippen molar-refractivity contribution in [3.63, 3.8) is 0 Å². The zero-order valence-electron chi connectivity index (χ0n) is 15.1.